The first-order valence-corrected chi connectivity index (χ1v) is 13.9. The van der Waals surface area contributed by atoms with Gasteiger partial charge >= 0.3 is 0 Å². The van der Waals surface area contributed by atoms with Crippen LogP contribution in [0.5, 0.6) is 0 Å². The molecule has 2 aliphatic rings. The van der Waals surface area contributed by atoms with Crippen molar-refractivity contribution in [3.05, 3.63) is 36.4 Å². The minimum Gasteiger partial charge on any atom is -0.375 e. The summed E-state index contributed by atoms with van der Waals surface area (Å²) < 4.78 is 6.91. The monoisotopic (exact) mass is 454 g/mol. The van der Waals surface area contributed by atoms with Crippen molar-refractivity contribution >= 4 is 0 Å². The molecule has 2 fully saturated rings. The highest BCUT2D eigenvalue weighted by Crippen LogP contribution is 2.31. The molecule has 5 nitrogen and oxygen atoms in total. The van der Waals surface area contributed by atoms with Crippen molar-refractivity contribution < 1.29 is 4.74 Å². The van der Waals surface area contributed by atoms with E-state index in [-0.39, 0.29) is 0 Å². The summed E-state index contributed by atoms with van der Waals surface area (Å²) in [6, 6.07) is 0. The first-order chi connectivity index (χ1) is 16.3. The third-order valence-corrected chi connectivity index (χ3v) is 8.19. The van der Waals surface area contributed by atoms with Gasteiger partial charge in [-0.25, -0.2) is 9.97 Å². The van der Waals surface area contributed by atoms with Crippen molar-refractivity contribution in [1.29, 1.82) is 0 Å². The van der Waals surface area contributed by atoms with E-state index in [0.29, 0.717) is 12.2 Å². The molecular weight excluding hydrogens is 408 g/mol. The SMILES string of the molecule is c1ncc(CCC(CCCC2CCCC2)OC(CCCC2CCCC2)CCc2cnc[nH]2)[nH]1. The second kappa shape index (κ2) is 13.9. The van der Waals surface area contributed by atoms with Gasteiger partial charge in [0.05, 0.1) is 24.9 Å². The van der Waals surface area contributed by atoms with E-state index < -0.39 is 0 Å². The molecule has 2 N–H and O–H groups in total. The van der Waals surface area contributed by atoms with Crippen LogP contribution >= 0.6 is 0 Å². The Bertz CT molecular complexity index is 655. The predicted octanol–water partition coefficient (Wildman–Crippen LogP) is 7.17. The van der Waals surface area contributed by atoms with E-state index >= 15 is 0 Å². The van der Waals surface area contributed by atoms with Crippen LogP contribution in [-0.2, 0) is 17.6 Å². The van der Waals surface area contributed by atoms with Gasteiger partial charge in [0.1, 0.15) is 0 Å². The van der Waals surface area contributed by atoms with E-state index in [4.69, 9.17) is 4.74 Å². The summed E-state index contributed by atoms with van der Waals surface area (Å²) in [7, 11) is 0. The molecule has 2 unspecified atom stereocenters. The number of ether oxygens (including phenoxy) is 1. The molecule has 0 spiro atoms. The average Bonchev–Trinajstić information content (AvgIpc) is 3.64. The Labute approximate surface area is 200 Å². The lowest BCUT2D eigenvalue weighted by Gasteiger charge is -2.26. The maximum absolute atomic E-state index is 6.91. The first-order valence-electron chi connectivity index (χ1n) is 13.9. The Morgan fingerprint density at radius 3 is 1.55 bits per heavy atom. The summed E-state index contributed by atoms with van der Waals surface area (Å²) in [6.45, 7) is 0. The number of H-pyrrole nitrogens is 2. The highest BCUT2D eigenvalue weighted by molar-refractivity contribution is 4.95. The lowest BCUT2D eigenvalue weighted by Crippen LogP contribution is -2.24. The van der Waals surface area contributed by atoms with Gasteiger partial charge in [0.2, 0.25) is 0 Å². The molecule has 184 valence electrons. The molecule has 0 saturated heterocycles. The van der Waals surface area contributed by atoms with E-state index in [1.807, 2.05) is 12.4 Å². The number of hydrogen-bond donors (Lipinski definition) is 2. The molecule has 2 heterocycles. The van der Waals surface area contributed by atoms with Gasteiger partial charge in [-0.15, -0.1) is 0 Å². The van der Waals surface area contributed by atoms with Crippen molar-refractivity contribution in [2.45, 2.75) is 128 Å². The molecular formula is C28H46N4O. The van der Waals surface area contributed by atoms with Gasteiger partial charge in [-0.05, 0) is 50.4 Å². The fourth-order valence-corrected chi connectivity index (χ4v) is 6.18. The number of aromatic nitrogens is 4. The molecule has 33 heavy (non-hydrogen) atoms. The van der Waals surface area contributed by atoms with Crippen molar-refractivity contribution in [2.24, 2.45) is 11.8 Å². The van der Waals surface area contributed by atoms with Crippen LogP contribution in [0, 0.1) is 11.8 Å². The lowest BCUT2D eigenvalue weighted by atomic mass is 9.96. The van der Waals surface area contributed by atoms with Gasteiger partial charge in [0.25, 0.3) is 0 Å². The number of nitrogens with one attached hydrogen (secondary N) is 2. The fourth-order valence-electron chi connectivity index (χ4n) is 6.18. The summed E-state index contributed by atoms with van der Waals surface area (Å²) >= 11 is 0. The zero-order valence-electron chi connectivity index (χ0n) is 20.6. The van der Waals surface area contributed by atoms with Crippen LogP contribution < -0.4 is 0 Å². The molecule has 5 heteroatoms. The largest absolute Gasteiger partial charge is 0.375 e. The lowest BCUT2D eigenvalue weighted by molar-refractivity contribution is -0.0308. The highest BCUT2D eigenvalue weighted by atomic mass is 16.5. The normalized spacial score (nSPS) is 19.4. The zero-order chi connectivity index (χ0) is 22.6. The van der Waals surface area contributed by atoms with E-state index in [1.54, 1.807) is 12.7 Å². The number of rotatable bonds is 16. The molecule has 2 aliphatic carbocycles. The van der Waals surface area contributed by atoms with Gasteiger partial charge in [-0.2, -0.15) is 0 Å². The number of imidazole rings is 2. The van der Waals surface area contributed by atoms with Crippen molar-refractivity contribution in [2.75, 3.05) is 0 Å². The van der Waals surface area contributed by atoms with Crippen LogP contribution in [0.3, 0.4) is 0 Å². The van der Waals surface area contributed by atoms with Crippen molar-refractivity contribution in [3.63, 3.8) is 0 Å². The Morgan fingerprint density at radius 1 is 0.697 bits per heavy atom. The predicted molar refractivity (Wildman–Crippen MR) is 134 cm³/mol. The summed E-state index contributed by atoms with van der Waals surface area (Å²) in [6.07, 6.45) is 31.9. The Hall–Kier alpha value is -1.62. The molecule has 0 radical (unpaired) electrons. The molecule has 0 aromatic carbocycles. The van der Waals surface area contributed by atoms with Crippen LogP contribution in [0.25, 0.3) is 0 Å². The molecule has 0 bridgehead atoms. The second-order valence-corrected chi connectivity index (χ2v) is 10.8. The Morgan fingerprint density at radius 2 is 1.15 bits per heavy atom. The molecule has 2 aromatic rings. The van der Waals surface area contributed by atoms with Gasteiger partial charge in [0.15, 0.2) is 0 Å². The van der Waals surface area contributed by atoms with Gasteiger partial charge < -0.3 is 14.7 Å². The maximum atomic E-state index is 6.91. The number of nitrogens with zero attached hydrogens (tertiary/aromatic N) is 2. The number of hydrogen-bond acceptors (Lipinski definition) is 3. The van der Waals surface area contributed by atoms with Crippen molar-refractivity contribution in [1.82, 2.24) is 19.9 Å². The van der Waals surface area contributed by atoms with Gasteiger partial charge in [-0.3, -0.25) is 0 Å². The molecule has 0 amide bonds. The second-order valence-electron chi connectivity index (χ2n) is 10.8. The fraction of sp³-hybridized carbons (Fsp3) is 0.786. The van der Waals surface area contributed by atoms with E-state index in [9.17, 15) is 0 Å². The zero-order valence-corrected chi connectivity index (χ0v) is 20.6. The van der Waals surface area contributed by atoms with Crippen LogP contribution in [0.4, 0.5) is 0 Å². The van der Waals surface area contributed by atoms with Gasteiger partial charge in [0, 0.05) is 23.8 Å². The number of aryl methyl sites for hydroxylation is 2. The van der Waals surface area contributed by atoms with E-state index in [2.05, 4.69) is 19.9 Å². The summed E-state index contributed by atoms with van der Waals surface area (Å²) in [4.78, 5) is 15.0. The average molecular weight is 455 g/mol. The molecule has 2 atom stereocenters. The van der Waals surface area contributed by atoms with E-state index in [1.165, 1.54) is 101 Å². The smallest absolute Gasteiger partial charge is 0.0921 e. The third kappa shape index (κ3) is 8.92. The van der Waals surface area contributed by atoms with Crippen molar-refractivity contribution in [3.8, 4) is 0 Å². The van der Waals surface area contributed by atoms with Crippen LogP contribution in [-0.4, -0.2) is 32.1 Å². The third-order valence-electron chi connectivity index (χ3n) is 8.19. The Kier molecular flexibility index (Phi) is 10.3. The van der Waals surface area contributed by atoms with Crippen LogP contribution in [0.15, 0.2) is 25.0 Å². The topological polar surface area (TPSA) is 66.6 Å². The van der Waals surface area contributed by atoms with Gasteiger partial charge in [-0.1, -0.05) is 77.0 Å². The quantitative estimate of drug-likeness (QED) is 0.282. The Balaban J connectivity index is 1.29. The molecule has 0 aliphatic heterocycles. The highest BCUT2D eigenvalue weighted by Gasteiger charge is 2.21. The first kappa shape index (κ1) is 24.5. The van der Waals surface area contributed by atoms with Crippen LogP contribution in [0.1, 0.15) is 114 Å². The maximum Gasteiger partial charge on any atom is 0.0921 e. The molecule has 2 aromatic heterocycles. The summed E-state index contributed by atoms with van der Waals surface area (Å²) in [5.74, 6) is 1.95. The minimum absolute atomic E-state index is 0.355. The summed E-state index contributed by atoms with van der Waals surface area (Å²) in [5.41, 5.74) is 2.46. The molecule has 4 rings (SSSR count). The minimum atomic E-state index is 0.355. The molecule has 2 saturated carbocycles. The van der Waals surface area contributed by atoms with E-state index in [0.717, 1.165) is 37.5 Å². The summed E-state index contributed by atoms with van der Waals surface area (Å²) in [5, 5.41) is 0. The standard InChI is InChI=1S/C28H46N4O/c1-2-8-23(7-1)11-5-13-27(17-15-25-19-29-21-31-25)33-28(18-16-26-20-30-22-32-26)14-6-12-24-9-3-4-10-24/h19-24,27-28H,1-18H2,(H,29,31)(H,30,32). The van der Waals surface area contributed by atoms with Crippen LogP contribution in [0.2, 0.25) is 0 Å². The number of aromatic amines is 2.